The molecule has 0 heterocycles. The molecule has 5 nitrogen and oxygen atoms in total. The Bertz CT molecular complexity index is 1170. The summed E-state index contributed by atoms with van der Waals surface area (Å²) < 4.78 is 28.0. The normalized spacial score (nSPS) is 11.2. The van der Waals surface area contributed by atoms with Gasteiger partial charge in [-0.15, -0.1) is 11.8 Å². The van der Waals surface area contributed by atoms with Gasteiger partial charge in [0.25, 0.3) is 10.0 Å². The number of para-hydroxylation sites is 2. The first-order chi connectivity index (χ1) is 14.8. The molecule has 1 N–H and O–H groups in total. The maximum Gasteiger partial charge on any atom is 0.264 e. The molecule has 3 aromatic rings. The van der Waals surface area contributed by atoms with Crippen LogP contribution in [0.5, 0.6) is 0 Å². The minimum absolute atomic E-state index is 0.0647. The highest BCUT2D eigenvalue weighted by molar-refractivity contribution is 7.99. The van der Waals surface area contributed by atoms with Gasteiger partial charge < -0.3 is 5.32 Å². The van der Waals surface area contributed by atoms with Crippen molar-refractivity contribution in [3.63, 3.8) is 0 Å². The molecular weight excluding hydrogens is 452 g/mol. The number of benzene rings is 3. The molecular formula is C23H23ClN2O3S2. The minimum atomic E-state index is -3.99. The van der Waals surface area contributed by atoms with Crippen LogP contribution in [-0.2, 0) is 14.8 Å². The van der Waals surface area contributed by atoms with Gasteiger partial charge in [0.15, 0.2) is 0 Å². The molecule has 0 saturated heterocycles. The number of thioether (sulfide) groups is 1. The van der Waals surface area contributed by atoms with Crippen molar-refractivity contribution < 1.29 is 13.2 Å². The lowest BCUT2D eigenvalue weighted by atomic mass is 10.2. The van der Waals surface area contributed by atoms with Crippen LogP contribution in [0.1, 0.15) is 12.5 Å². The fourth-order valence-electron chi connectivity index (χ4n) is 3.05. The Morgan fingerprint density at radius 2 is 1.65 bits per heavy atom. The van der Waals surface area contributed by atoms with Crippen LogP contribution < -0.4 is 9.62 Å². The molecule has 0 unspecified atom stereocenters. The van der Waals surface area contributed by atoms with Crippen molar-refractivity contribution in [3.8, 4) is 0 Å². The third-order valence-electron chi connectivity index (χ3n) is 4.53. The largest absolute Gasteiger partial charge is 0.323 e. The van der Waals surface area contributed by atoms with Crippen LogP contribution in [0.3, 0.4) is 0 Å². The molecule has 0 radical (unpaired) electrons. The first-order valence-corrected chi connectivity index (χ1v) is 12.5. The number of anilines is 2. The molecule has 0 aliphatic rings. The van der Waals surface area contributed by atoms with Gasteiger partial charge in [0, 0.05) is 9.92 Å². The predicted octanol–water partition coefficient (Wildman–Crippen LogP) is 5.59. The fraction of sp³-hybridized carbons (Fsp3) is 0.174. The van der Waals surface area contributed by atoms with E-state index in [2.05, 4.69) is 5.32 Å². The zero-order chi connectivity index (χ0) is 22.4. The Labute approximate surface area is 192 Å². The van der Waals surface area contributed by atoms with Crippen LogP contribution in [0.25, 0.3) is 0 Å². The highest BCUT2D eigenvalue weighted by atomic mass is 35.5. The smallest absolute Gasteiger partial charge is 0.264 e. The average molecular weight is 475 g/mol. The zero-order valence-electron chi connectivity index (χ0n) is 17.2. The first-order valence-electron chi connectivity index (χ1n) is 9.68. The van der Waals surface area contributed by atoms with Crippen LogP contribution in [0, 0.1) is 6.92 Å². The van der Waals surface area contributed by atoms with E-state index in [1.807, 2.05) is 50.2 Å². The predicted molar refractivity (Wildman–Crippen MR) is 129 cm³/mol. The molecule has 0 spiro atoms. The Hall–Kier alpha value is -2.48. The van der Waals surface area contributed by atoms with Gasteiger partial charge >= 0.3 is 0 Å². The lowest BCUT2D eigenvalue weighted by Crippen LogP contribution is -2.38. The summed E-state index contributed by atoms with van der Waals surface area (Å²) >= 11 is 7.53. The molecule has 31 heavy (non-hydrogen) atoms. The quantitative estimate of drug-likeness (QED) is 0.432. The lowest BCUT2D eigenvalue weighted by Gasteiger charge is -2.25. The summed E-state index contributed by atoms with van der Waals surface area (Å²) in [5.74, 6) is 0.428. The topological polar surface area (TPSA) is 66.5 Å². The molecule has 0 fully saturated rings. The van der Waals surface area contributed by atoms with Gasteiger partial charge in [0.05, 0.1) is 16.3 Å². The van der Waals surface area contributed by atoms with E-state index >= 15 is 0 Å². The maximum absolute atomic E-state index is 13.5. The third kappa shape index (κ3) is 5.61. The summed E-state index contributed by atoms with van der Waals surface area (Å²) in [7, 11) is -3.99. The Morgan fingerprint density at radius 3 is 2.32 bits per heavy atom. The highest BCUT2D eigenvalue weighted by Crippen LogP contribution is 2.29. The van der Waals surface area contributed by atoms with Gasteiger partial charge in [0.1, 0.15) is 6.54 Å². The van der Waals surface area contributed by atoms with Gasteiger partial charge in [-0.05, 0) is 60.7 Å². The number of nitrogens with one attached hydrogen (secondary N) is 1. The standard InChI is InChI=1S/C23H23ClN2O3S2/c1-3-30-22-11-7-5-9-20(22)25-23(27)16-26(21-10-6-4-8-17(21)2)31(28,29)19-14-12-18(24)13-15-19/h4-15H,3,16H2,1-2H3,(H,25,27). The number of amides is 1. The summed E-state index contributed by atoms with van der Waals surface area (Å²) in [6.45, 7) is 3.48. The van der Waals surface area contributed by atoms with Crippen molar-refractivity contribution in [1.29, 1.82) is 0 Å². The third-order valence-corrected chi connectivity index (χ3v) is 7.52. The van der Waals surface area contributed by atoms with Gasteiger partial charge in [-0.2, -0.15) is 0 Å². The molecule has 0 aliphatic carbocycles. The second kappa shape index (κ2) is 10.2. The molecule has 162 valence electrons. The van der Waals surface area contributed by atoms with Crippen LogP contribution >= 0.6 is 23.4 Å². The Morgan fingerprint density at radius 1 is 1.00 bits per heavy atom. The van der Waals surface area contributed by atoms with Crippen molar-refractivity contribution in [1.82, 2.24) is 0 Å². The maximum atomic E-state index is 13.5. The minimum Gasteiger partial charge on any atom is -0.323 e. The fourth-order valence-corrected chi connectivity index (χ4v) is 5.42. The van der Waals surface area contributed by atoms with Gasteiger partial charge in [-0.1, -0.05) is 48.9 Å². The molecule has 0 saturated carbocycles. The second-order valence-corrected chi connectivity index (χ2v) is 10.3. The van der Waals surface area contributed by atoms with Crippen LogP contribution in [0.2, 0.25) is 5.02 Å². The number of aryl methyl sites for hydroxylation is 1. The number of hydrogen-bond donors (Lipinski definition) is 1. The summed E-state index contributed by atoms with van der Waals surface area (Å²) in [5, 5.41) is 3.30. The van der Waals surface area contributed by atoms with E-state index in [1.165, 1.54) is 24.3 Å². The van der Waals surface area contributed by atoms with Crippen LogP contribution in [-0.4, -0.2) is 26.6 Å². The van der Waals surface area contributed by atoms with E-state index < -0.39 is 15.9 Å². The van der Waals surface area contributed by atoms with E-state index in [1.54, 1.807) is 23.9 Å². The van der Waals surface area contributed by atoms with Crippen molar-refractivity contribution in [2.45, 2.75) is 23.6 Å². The molecule has 0 atom stereocenters. The van der Waals surface area contributed by atoms with Crippen molar-refractivity contribution in [3.05, 3.63) is 83.4 Å². The molecule has 3 rings (SSSR count). The van der Waals surface area contributed by atoms with E-state index in [0.29, 0.717) is 16.4 Å². The first kappa shape index (κ1) is 23.2. The molecule has 1 amide bonds. The molecule has 0 aromatic heterocycles. The number of halogens is 1. The van der Waals surface area contributed by atoms with Crippen LogP contribution in [0.15, 0.2) is 82.6 Å². The lowest BCUT2D eigenvalue weighted by molar-refractivity contribution is -0.114. The number of rotatable bonds is 8. The summed E-state index contributed by atoms with van der Waals surface area (Å²) in [5.41, 5.74) is 1.85. The number of carbonyl (C=O) groups is 1. The van der Waals surface area contributed by atoms with Crippen molar-refractivity contribution in [2.75, 3.05) is 21.9 Å². The molecule has 3 aromatic carbocycles. The van der Waals surface area contributed by atoms with Gasteiger partial charge in [-0.25, -0.2) is 8.42 Å². The van der Waals surface area contributed by atoms with Crippen molar-refractivity contribution >= 4 is 50.7 Å². The molecule has 0 bridgehead atoms. The Balaban J connectivity index is 1.95. The SMILES string of the molecule is CCSc1ccccc1NC(=O)CN(c1ccccc1C)S(=O)(=O)c1ccc(Cl)cc1. The summed E-state index contributed by atoms with van der Waals surface area (Å²) in [4.78, 5) is 13.9. The Kier molecular flexibility index (Phi) is 7.64. The van der Waals surface area contributed by atoms with Crippen LogP contribution in [0.4, 0.5) is 11.4 Å². The molecule has 8 heteroatoms. The highest BCUT2D eigenvalue weighted by Gasteiger charge is 2.28. The summed E-state index contributed by atoms with van der Waals surface area (Å²) in [6, 6.07) is 20.4. The van der Waals surface area contributed by atoms with E-state index in [0.717, 1.165) is 20.5 Å². The number of hydrogen-bond acceptors (Lipinski definition) is 4. The van der Waals surface area contributed by atoms with Gasteiger partial charge in [0.2, 0.25) is 5.91 Å². The second-order valence-electron chi connectivity index (χ2n) is 6.73. The number of carbonyl (C=O) groups excluding carboxylic acids is 1. The van der Waals surface area contributed by atoms with Crippen molar-refractivity contribution in [2.24, 2.45) is 0 Å². The monoisotopic (exact) mass is 474 g/mol. The van der Waals surface area contributed by atoms with E-state index in [4.69, 9.17) is 11.6 Å². The van der Waals surface area contributed by atoms with Gasteiger partial charge in [-0.3, -0.25) is 9.10 Å². The summed E-state index contributed by atoms with van der Waals surface area (Å²) in [6.07, 6.45) is 0. The van der Waals surface area contributed by atoms with E-state index in [-0.39, 0.29) is 11.4 Å². The zero-order valence-corrected chi connectivity index (χ0v) is 19.6. The van der Waals surface area contributed by atoms with E-state index in [9.17, 15) is 13.2 Å². The number of sulfonamides is 1. The average Bonchev–Trinajstić information content (AvgIpc) is 2.74. The number of nitrogens with zero attached hydrogens (tertiary/aromatic N) is 1. The molecule has 0 aliphatic heterocycles.